The molecule has 0 fully saturated rings. The average molecular weight is 272 g/mol. The largest absolute Gasteiger partial charge is 0.494 e. The molecule has 3 heteroatoms. The highest BCUT2D eigenvalue weighted by Gasteiger charge is 1.99. The van der Waals surface area contributed by atoms with Crippen LogP contribution in [0.5, 0.6) is 5.75 Å². The molecule has 1 heterocycles. The van der Waals surface area contributed by atoms with E-state index in [1.807, 2.05) is 19.1 Å². The van der Waals surface area contributed by atoms with Gasteiger partial charge in [0.25, 0.3) is 0 Å². The van der Waals surface area contributed by atoms with E-state index in [-0.39, 0.29) is 0 Å². The topological polar surface area (TPSA) is 26.2 Å². The fraction of sp³-hybridized carbons (Fsp3) is 0.412. The smallest absolute Gasteiger partial charge is 0.119 e. The van der Waals surface area contributed by atoms with Crippen LogP contribution in [-0.4, -0.2) is 11.2 Å². The van der Waals surface area contributed by atoms with Crippen molar-refractivity contribution in [3.63, 3.8) is 0 Å². The summed E-state index contributed by atoms with van der Waals surface area (Å²) in [4.78, 5) is 0. The van der Waals surface area contributed by atoms with Gasteiger partial charge in [-0.2, -0.15) is 0 Å². The number of hydrogen-bond acceptors (Lipinski definition) is 2. The lowest BCUT2D eigenvalue weighted by Gasteiger charge is -2.07. The first kappa shape index (κ1) is 14.7. The van der Waals surface area contributed by atoms with Gasteiger partial charge in [-0.25, -0.2) is 0 Å². The van der Waals surface area contributed by atoms with Gasteiger partial charge in [-0.15, -0.1) is 0 Å². The maximum Gasteiger partial charge on any atom is 0.119 e. The number of ether oxygens (including phenoxy) is 1. The first-order valence-electron chi connectivity index (χ1n) is 7.39. The minimum atomic E-state index is 0.710. The zero-order valence-corrected chi connectivity index (χ0v) is 12.4. The van der Waals surface area contributed by atoms with Crippen molar-refractivity contribution in [3.8, 4) is 5.75 Å². The summed E-state index contributed by atoms with van der Waals surface area (Å²) in [5.41, 5.74) is 2.59. The SMILES string of the molecule is CCCn1ccc(CNCc2cccc(OCC)c2)c1. The summed E-state index contributed by atoms with van der Waals surface area (Å²) in [5.74, 6) is 0.945. The van der Waals surface area contributed by atoms with Crippen LogP contribution < -0.4 is 10.1 Å². The van der Waals surface area contributed by atoms with Gasteiger partial charge in [0.2, 0.25) is 0 Å². The molecule has 0 radical (unpaired) electrons. The molecule has 0 aliphatic heterocycles. The van der Waals surface area contributed by atoms with Crippen LogP contribution in [-0.2, 0) is 19.6 Å². The van der Waals surface area contributed by atoms with Crippen molar-refractivity contribution >= 4 is 0 Å². The first-order chi connectivity index (χ1) is 9.81. The summed E-state index contributed by atoms with van der Waals surface area (Å²) >= 11 is 0. The lowest BCUT2D eigenvalue weighted by atomic mass is 10.2. The average Bonchev–Trinajstić information content (AvgIpc) is 2.88. The van der Waals surface area contributed by atoms with Gasteiger partial charge < -0.3 is 14.6 Å². The monoisotopic (exact) mass is 272 g/mol. The molecule has 1 aromatic carbocycles. The van der Waals surface area contributed by atoms with Crippen LogP contribution in [0.4, 0.5) is 0 Å². The van der Waals surface area contributed by atoms with E-state index in [1.165, 1.54) is 17.5 Å². The molecule has 0 saturated heterocycles. The summed E-state index contributed by atoms with van der Waals surface area (Å²) in [6.07, 6.45) is 5.54. The van der Waals surface area contributed by atoms with E-state index < -0.39 is 0 Å². The zero-order chi connectivity index (χ0) is 14.2. The first-order valence-corrected chi connectivity index (χ1v) is 7.39. The summed E-state index contributed by atoms with van der Waals surface area (Å²) in [6, 6.07) is 10.4. The van der Waals surface area contributed by atoms with Gasteiger partial charge in [0.05, 0.1) is 6.61 Å². The van der Waals surface area contributed by atoms with E-state index in [0.29, 0.717) is 6.61 Å². The predicted molar refractivity (Wildman–Crippen MR) is 82.9 cm³/mol. The molecule has 0 aliphatic rings. The summed E-state index contributed by atoms with van der Waals surface area (Å²) in [7, 11) is 0. The number of aryl methyl sites for hydroxylation is 1. The second-order valence-electron chi connectivity index (χ2n) is 4.94. The molecule has 0 bridgehead atoms. The van der Waals surface area contributed by atoms with Crippen LogP contribution in [0.15, 0.2) is 42.7 Å². The minimum absolute atomic E-state index is 0.710. The van der Waals surface area contributed by atoms with E-state index in [9.17, 15) is 0 Å². The van der Waals surface area contributed by atoms with Gasteiger partial charge in [0, 0.05) is 32.0 Å². The van der Waals surface area contributed by atoms with E-state index in [0.717, 1.165) is 25.4 Å². The van der Waals surface area contributed by atoms with Gasteiger partial charge in [-0.3, -0.25) is 0 Å². The maximum atomic E-state index is 5.51. The molecule has 20 heavy (non-hydrogen) atoms. The molecule has 2 rings (SSSR count). The van der Waals surface area contributed by atoms with E-state index >= 15 is 0 Å². The standard InChI is InChI=1S/C17H24N2O/c1-3-9-19-10-8-16(14-19)13-18-12-15-6-5-7-17(11-15)20-4-2/h5-8,10-11,14,18H,3-4,9,12-13H2,1-2H3. The van der Waals surface area contributed by atoms with Crippen LogP contribution >= 0.6 is 0 Å². The molecular weight excluding hydrogens is 248 g/mol. The van der Waals surface area contributed by atoms with Crippen molar-refractivity contribution in [1.82, 2.24) is 9.88 Å². The number of rotatable bonds is 8. The van der Waals surface area contributed by atoms with E-state index in [1.54, 1.807) is 0 Å². The van der Waals surface area contributed by atoms with Gasteiger partial charge in [0.1, 0.15) is 5.75 Å². The fourth-order valence-electron chi connectivity index (χ4n) is 2.26. The number of nitrogens with one attached hydrogen (secondary N) is 1. The van der Waals surface area contributed by atoms with Crippen LogP contribution in [0.2, 0.25) is 0 Å². The molecule has 1 aromatic heterocycles. The van der Waals surface area contributed by atoms with Gasteiger partial charge in [-0.05, 0) is 42.7 Å². The van der Waals surface area contributed by atoms with Crippen molar-refractivity contribution < 1.29 is 4.74 Å². The highest BCUT2D eigenvalue weighted by molar-refractivity contribution is 5.28. The summed E-state index contributed by atoms with van der Waals surface area (Å²) in [6.45, 7) is 7.77. The third-order valence-corrected chi connectivity index (χ3v) is 3.16. The Bertz CT molecular complexity index is 519. The molecule has 2 aromatic rings. The van der Waals surface area contributed by atoms with Crippen molar-refractivity contribution in [2.45, 2.75) is 39.9 Å². The zero-order valence-electron chi connectivity index (χ0n) is 12.4. The number of hydrogen-bond donors (Lipinski definition) is 1. The van der Waals surface area contributed by atoms with E-state index in [2.05, 4.69) is 47.4 Å². The normalized spacial score (nSPS) is 10.7. The molecule has 0 atom stereocenters. The van der Waals surface area contributed by atoms with E-state index in [4.69, 9.17) is 4.74 Å². The Morgan fingerprint density at radius 1 is 1.10 bits per heavy atom. The predicted octanol–water partition coefficient (Wildman–Crippen LogP) is 3.59. The van der Waals surface area contributed by atoms with Crippen molar-refractivity contribution in [2.75, 3.05) is 6.61 Å². The van der Waals surface area contributed by atoms with Crippen LogP contribution in [0.25, 0.3) is 0 Å². The van der Waals surface area contributed by atoms with Crippen molar-refractivity contribution in [1.29, 1.82) is 0 Å². The second kappa shape index (κ2) is 7.75. The Kier molecular flexibility index (Phi) is 5.69. The molecule has 0 spiro atoms. The van der Waals surface area contributed by atoms with Gasteiger partial charge in [-0.1, -0.05) is 19.1 Å². The quantitative estimate of drug-likeness (QED) is 0.795. The molecular formula is C17H24N2O. The highest BCUT2D eigenvalue weighted by atomic mass is 16.5. The molecule has 0 amide bonds. The Morgan fingerprint density at radius 3 is 2.75 bits per heavy atom. The maximum absolute atomic E-state index is 5.51. The molecule has 0 aliphatic carbocycles. The number of benzene rings is 1. The summed E-state index contributed by atoms with van der Waals surface area (Å²) in [5, 5.41) is 3.47. The minimum Gasteiger partial charge on any atom is -0.494 e. The Hall–Kier alpha value is -1.74. The molecule has 0 unspecified atom stereocenters. The number of aromatic nitrogens is 1. The number of nitrogens with zero attached hydrogens (tertiary/aromatic N) is 1. The molecule has 1 N–H and O–H groups in total. The lowest BCUT2D eigenvalue weighted by molar-refractivity contribution is 0.340. The van der Waals surface area contributed by atoms with Crippen LogP contribution in [0.1, 0.15) is 31.4 Å². The van der Waals surface area contributed by atoms with Gasteiger partial charge in [0.15, 0.2) is 0 Å². The third-order valence-electron chi connectivity index (χ3n) is 3.16. The Balaban J connectivity index is 1.81. The Labute approximate surface area is 121 Å². The fourth-order valence-corrected chi connectivity index (χ4v) is 2.26. The van der Waals surface area contributed by atoms with Crippen molar-refractivity contribution in [3.05, 3.63) is 53.9 Å². The Morgan fingerprint density at radius 2 is 1.95 bits per heavy atom. The molecule has 108 valence electrons. The van der Waals surface area contributed by atoms with Crippen LogP contribution in [0, 0.1) is 0 Å². The third kappa shape index (κ3) is 4.42. The van der Waals surface area contributed by atoms with Crippen LogP contribution in [0.3, 0.4) is 0 Å². The van der Waals surface area contributed by atoms with Gasteiger partial charge >= 0.3 is 0 Å². The summed E-state index contributed by atoms with van der Waals surface area (Å²) < 4.78 is 7.75. The lowest BCUT2D eigenvalue weighted by Crippen LogP contribution is -2.12. The molecule has 0 saturated carbocycles. The second-order valence-corrected chi connectivity index (χ2v) is 4.94. The van der Waals surface area contributed by atoms with Crippen molar-refractivity contribution in [2.24, 2.45) is 0 Å². The highest BCUT2D eigenvalue weighted by Crippen LogP contribution is 2.13. The molecule has 3 nitrogen and oxygen atoms in total.